The molecule has 1 aliphatic carbocycles. The third kappa shape index (κ3) is 5.00. The minimum Gasteiger partial charge on any atom is -0.478 e. The molecule has 0 amide bonds. The van der Waals surface area contributed by atoms with E-state index in [4.69, 9.17) is 0 Å². The van der Waals surface area contributed by atoms with E-state index < -0.39 is 30.3 Å². The molecule has 41 heavy (non-hydrogen) atoms. The van der Waals surface area contributed by atoms with Gasteiger partial charge >= 0.3 is 12.3 Å². The molecule has 2 aromatic carbocycles. The van der Waals surface area contributed by atoms with E-state index in [0.29, 0.717) is 47.8 Å². The highest BCUT2D eigenvalue weighted by molar-refractivity contribution is 7.22. The van der Waals surface area contributed by atoms with Crippen molar-refractivity contribution >= 4 is 38.2 Å². The van der Waals surface area contributed by atoms with Gasteiger partial charge in [-0.15, -0.1) is 13.2 Å². The molecule has 7 nitrogen and oxygen atoms in total. The molecule has 14 heteroatoms. The minimum absolute atomic E-state index is 0.0437. The molecule has 2 aromatic heterocycles. The number of aromatic carboxylic acids is 1. The molecule has 1 fully saturated rings. The summed E-state index contributed by atoms with van der Waals surface area (Å²) < 4.78 is 86.9. The number of hydrogen-bond donors (Lipinski definition) is 1. The van der Waals surface area contributed by atoms with Gasteiger partial charge in [0.2, 0.25) is 0 Å². The van der Waals surface area contributed by atoms with Crippen LogP contribution >= 0.6 is 11.3 Å². The number of benzene rings is 2. The summed E-state index contributed by atoms with van der Waals surface area (Å²) in [6.07, 6.45) is -3.33. The van der Waals surface area contributed by atoms with E-state index in [0.717, 1.165) is 23.0 Å². The number of carboxylic acid groups (broad SMARTS) is 1. The standard InChI is InChI=1S/C27H20F6N4O3S/c28-17-9-14(24(38)39)10-20-21(17)35-25(41-20)36-7-5-26(6-8-36)11-15(12-26)22-16(23(29)30)13-34-37(22)18-3-1-2-4-19(18)40-27(31,32)33/h1-4,9-11,13,23H,5-8,12H2,(H,38,39). The van der Waals surface area contributed by atoms with E-state index in [2.05, 4.69) is 14.8 Å². The lowest BCUT2D eigenvalue weighted by Crippen LogP contribution is -2.42. The van der Waals surface area contributed by atoms with Gasteiger partial charge in [-0.3, -0.25) is 0 Å². The van der Waals surface area contributed by atoms with Crippen LogP contribution in [0.4, 0.5) is 31.5 Å². The molecule has 0 saturated carbocycles. The number of anilines is 1. The highest BCUT2D eigenvalue weighted by Crippen LogP contribution is 2.53. The molecule has 1 saturated heterocycles. The highest BCUT2D eigenvalue weighted by Gasteiger charge is 2.43. The summed E-state index contributed by atoms with van der Waals surface area (Å²) >= 11 is 1.19. The lowest BCUT2D eigenvalue weighted by Gasteiger charge is -2.46. The van der Waals surface area contributed by atoms with Gasteiger partial charge in [0, 0.05) is 13.1 Å². The average Bonchev–Trinajstić information content (AvgIpc) is 3.52. The summed E-state index contributed by atoms with van der Waals surface area (Å²) in [4.78, 5) is 17.6. The largest absolute Gasteiger partial charge is 0.573 e. The Labute approximate surface area is 232 Å². The SMILES string of the molecule is O=C(O)c1cc(F)c2nc(N3CCC4(C=C(c5c(C(F)F)cnn5-c5ccccc5OC(F)(F)F)C4)CC3)sc2c1. The Kier molecular flexibility index (Phi) is 6.47. The van der Waals surface area contributed by atoms with Crippen molar-refractivity contribution in [3.05, 3.63) is 71.3 Å². The van der Waals surface area contributed by atoms with Gasteiger partial charge in [-0.2, -0.15) is 5.10 Å². The van der Waals surface area contributed by atoms with Crippen molar-refractivity contribution < 1.29 is 41.0 Å². The topological polar surface area (TPSA) is 80.5 Å². The van der Waals surface area contributed by atoms with E-state index in [-0.39, 0.29) is 33.4 Å². The van der Waals surface area contributed by atoms with Crippen LogP contribution in [0.15, 0.2) is 48.7 Å². The van der Waals surface area contributed by atoms with Crippen molar-refractivity contribution in [1.29, 1.82) is 0 Å². The van der Waals surface area contributed by atoms with Crippen LogP contribution < -0.4 is 9.64 Å². The fourth-order valence-electron chi connectivity index (χ4n) is 5.44. The number of nitrogens with zero attached hydrogens (tertiary/aromatic N) is 4. The van der Waals surface area contributed by atoms with Crippen molar-refractivity contribution in [2.45, 2.75) is 32.1 Å². The quantitative estimate of drug-likeness (QED) is 0.237. The first-order valence-corrected chi connectivity index (χ1v) is 13.3. The average molecular weight is 595 g/mol. The summed E-state index contributed by atoms with van der Waals surface area (Å²) in [6.45, 7) is 1.08. The van der Waals surface area contributed by atoms with Gasteiger partial charge in [0.15, 0.2) is 16.7 Å². The van der Waals surface area contributed by atoms with Gasteiger partial charge in [-0.25, -0.2) is 27.6 Å². The summed E-state index contributed by atoms with van der Waals surface area (Å²) in [5.74, 6) is -2.51. The van der Waals surface area contributed by atoms with Gasteiger partial charge in [0.05, 0.1) is 27.7 Å². The Balaban J connectivity index is 1.25. The Morgan fingerprint density at radius 3 is 2.51 bits per heavy atom. The number of carboxylic acids is 1. The fraction of sp³-hybridized carbons (Fsp3) is 0.296. The number of allylic oxidation sites excluding steroid dienone is 2. The van der Waals surface area contributed by atoms with Crippen LogP contribution in [0.2, 0.25) is 0 Å². The first-order chi connectivity index (χ1) is 19.4. The number of hydrogen-bond acceptors (Lipinski definition) is 6. The number of halogens is 6. The number of para-hydroxylation sites is 2. The van der Waals surface area contributed by atoms with Gasteiger partial charge in [-0.1, -0.05) is 29.5 Å². The number of ether oxygens (including phenoxy) is 1. The third-order valence-corrected chi connectivity index (χ3v) is 8.46. The lowest BCUT2D eigenvalue weighted by molar-refractivity contribution is -0.274. The van der Waals surface area contributed by atoms with Gasteiger partial charge in [0.25, 0.3) is 6.43 Å². The lowest BCUT2D eigenvalue weighted by atomic mass is 9.64. The van der Waals surface area contributed by atoms with Gasteiger partial charge in [0.1, 0.15) is 11.2 Å². The van der Waals surface area contributed by atoms with Gasteiger partial charge in [-0.05, 0) is 54.5 Å². The van der Waals surface area contributed by atoms with E-state index in [1.807, 2.05) is 11.0 Å². The molecule has 4 aromatic rings. The molecule has 0 atom stereocenters. The fourth-order valence-corrected chi connectivity index (χ4v) is 6.51. The highest BCUT2D eigenvalue weighted by atomic mass is 32.1. The summed E-state index contributed by atoms with van der Waals surface area (Å²) in [5.41, 5.74) is -0.270. The zero-order valence-corrected chi connectivity index (χ0v) is 21.8. The van der Waals surface area contributed by atoms with E-state index >= 15 is 0 Å². The van der Waals surface area contributed by atoms with Crippen molar-refractivity contribution in [2.75, 3.05) is 18.0 Å². The van der Waals surface area contributed by atoms with E-state index in [1.54, 1.807) is 0 Å². The molecular formula is C27H20F6N4O3S. The third-order valence-electron chi connectivity index (χ3n) is 7.39. The zero-order chi connectivity index (χ0) is 29.1. The molecule has 0 unspecified atom stereocenters. The number of fused-ring (bicyclic) bond motifs is 1. The van der Waals surface area contributed by atoms with Crippen LogP contribution in [0.5, 0.6) is 5.75 Å². The first-order valence-electron chi connectivity index (χ1n) is 12.4. The zero-order valence-electron chi connectivity index (χ0n) is 21.0. The van der Waals surface area contributed by atoms with Crippen LogP contribution in [-0.4, -0.2) is 45.3 Å². The Hall–Kier alpha value is -4.07. The van der Waals surface area contributed by atoms with Gasteiger partial charge < -0.3 is 14.7 Å². The monoisotopic (exact) mass is 594 g/mol. The molecule has 0 bridgehead atoms. The molecule has 1 aliphatic heterocycles. The first kappa shape index (κ1) is 27.1. The van der Waals surface area contributed by atoms with E-state index in [9.17, 15) is 36.2 Å². The maximum atomic E-state index is 14.4. The number of aromatic nitrogens is 3. The Morgan fingerprint density at radius 2 is 1.85 bits per heavy atom. The molecule has 2 aliphatic rings. The molecule has 3 heterocycles. The number of piperidine rings is 1. The molecule has 1 N–H and O–H groups in total. The maximum Gasteiger partial charge on any atom is 0.573 e. The predicted octanol–water partition coefficient (Wildman–Crippen LogP) is 7.23. The normalized spacial score (nSPS) is 16.8. The smallest absolute Gasteiger partial charge is 0.478 e. The molecular weight excluding hydrogens is 574 g/mol. The molecule has 214 valence electrons. The van der Waals surface area contributed by atoms with Crippen LogP contribution in [0, 0.1) is 11.2 Å². The summed E-state index contributed by atoms with van der Waals surface area (Å²) in [5, 5.41) is 13.7. The Bertz CT molecular complexity index is 1690. The number of rotatable bonds is 6. The van der Waals surface area contributed by atoms with Crippen LogP contribution in [0.1, 0.15) is 47.3 Å². The Morgan fingerprint density at radius 1 is 1.15 bits per heavy atom. The minimum atomic E-state index is -4.98. The molecule has 6 rings (SSSR count). The van der Waals surface area contributed by atoms with Crippen molar-refractivity contribution in [3.8, 4) is 11.4 Å². The van der Waals surface area contributed by atoms with Crippen molar-refractivity contribution in [2.24, 2.45) is 5.41 Å². The van der Waals surface area contributed by atoms with Crippen molar-refractivity contribution in [1.82, 2.24) is 14.8 Å². The number of carbonyl (C=O) groups is 1. The van der Waals surface area contributed by atoms with Crippen molar-refractivity contribution in [3.63, 3.8) is 0 Å². The number of alkyl halides is 5. The second kappa shape index (κ2) is 9.79. The number of thiazole rings is 1. The second-order valence-corrected chi connectivity index (χ2v) is 11.0. The summed E-state index contributed by atoms with van der Waals surface area (Å²) in [7, 11) is 0. The predicted molar refractivity (Wildman–Crippen MR) is 138 cm³/mol. The van der Waals surface area contributed by atoms with Crippen LogP contribution in [-0.2, 0) is 0 Å². The van der Waals surface area contributed by atoms with Crippen LogP contribution in [0.3, 0.4) is 0 Å². The van der Waals surface area contributed by atoms with E-state index in [1.165, 1.54) is 35.6 Å². The maximum absolute atomic E-state index is 14.4. The second-order valence-electron chi connectivity index (χ2n) is 9.98. The molecule has 1 spiro atoms. The van der Waals surface area contributed by atoms with Crippen LogP contribution in [0.25, 0.3) is 21.5 Å². The summed E-state index contributed by atoms with van der Waals surface area (Å²) in [6, 6.07) is 7.55. The molecule has 0 radical (unpaired) electrons.